The van der Waals surface area contributed by atoms with E-state index in [4.69, 9.17) is 0 Å². The molecular formula is C7H11F3. The van der Waals surface area contributed by atoms with Gasteiger partial charge in [-0.25, -0.2) is 0 Å². The average Bonchev–Trinajstić information content (AvgIpc) is 1.59. The summed E-state index contributed by atoms with van der Waals surface area (Å²) >= 11 is 0. The fraction of sp³-hybridized carbons (Fsp3) is 0.714. The molecule has 0 N–H and O–H groups in total. The van der Waals surface area contributed by atoms with Gasteiger partial charge in [0.25, 0.3) is 0 Å². The number of allylic oxidation sites excluding steroid dienone is 2. The molecule has 0 aliphatic carbocycles. The monoisotopic (exact) mass is 152 g/mol. The Balaban J connectivity index is 3.54. The van der Waals surface area contributed by atoms with Crippen LogP contribution in [0.4, 0.5) is 13.2 Å². The van der Waals surface area contributed by atoms with E-state index in [1.54, 1.807) is 6.08 Å². The smallest absolute Gasteiger partial charge is 0.171 e. The minimum Gasteiger partial charge on any atom is -0.171 e. The first-order valence-electron chi connectivity index (χ1n) is 3.15. The van der Waals surface area contributed by atoms with Crippen LogP contribution < -0.4 is 0 Å². The average molecular weight is 152 g/mol. The largest absolute Gasteiger partial charge is 0.392 e. The molecule has 0 heterocycles. The molecule has 0 rings (SSSR count). The van der Waals surface area contributed by atoms with Crippen molar-refractivity contribution in [3.63, 3.8) is 0 Å². The molecule has 0 aromatic carbocycles. The molecule has 0 spiro atoms. The molecule has 60 valence electrons. The van der Waals surface area contributed by atoms with Gasteiger partial charge in [-0.3, -0.25) is 0 Å². The molecule has 0 saturated carbocycles. The Morgan fingerprint density at radius 3 is 2.10 bits per heavy atom. The highest BCUT2D eigenvalue weighted by Crippen LogP contribution is 2.19. The van der Waals surface area contributed by atoms with Gasteiger partial charge < -0.3 is 0 Å². The second-order valence-electron chi connectivity index (χ2n) is 2.49. The molecule has 0 aromatic heterocycles. The van der Waals surface area contributed by atoms with E-state index >= 15 is 0 Å². The highest BCUT2D eigenvalue weighted by Gasteiger charge is 2.24. The maximum Gasteiger partial charge on any atom is 0.392 e. The third-order valence-corrected chi connectivity index (χ3v) is 0.870. The van der Waals surface area contributed by atoms with Crippen LogP contribution in [0.1, 0.15) is 20.3 Å². The Morgan fingerprint density at radius 1 is 1.30 bits per heavy atom. The zero-order valence-electron chi connectivity index (χ0n) is 6.07. The number of rotatable bonds is 2. The van der Waals surface area contributed by atoms with Crippen LogP contribution in [-0.2, 0) is 0 Å². The first-order chi connectivity index (χ1) is 4.42. The molecule has 0 amide bonds. The van der Waals surface area contributed by atoms with Crippen molar-refractivity contribution in [2.24, 2.45) is 5.92 Å². The van der Waals surface area contributed by atoms with Crippen LogP contribution >= 0.6 is 0 Å². The van der Waals surface area contributed by atoms with Crippen molar-refractivity contribution in [2.75, 3.05) is 0 Å². The van der Waals surface area contributed by atoms with Crippen LogP contribution in [0, 0.1) is 5.92 Å². The van der Waals surface area contributed by atoms with E-state index in [2.05, 4.69) is 0 Å². The molecule has 0 saturated heterocycles. The van der Waals surface area contributed by atoms with Gasteiger partial charge in [-0.05, 0) is 5.92 Å². The number of halogens is 3. The van der Waals surface area contributed by atoms with Gasteiger partial charge in [-0.15, -0.1) is 0 Å². The molecule has 0 fully saturated rings. The predicted octanol–water partition coefficient (Wildman–Crippen LogP) is 3.15. The standard InChI is InChI=1S/C7H11F3/c1-6(2)4-3-5-7(8,9)10/h3-4,6H,5H2,1-2H3. The lowest BCUT2D eigenvalue weighted by molar-refractivity contribution is -0.125. The summed E-state index contributed by atoms with van der Waals surface area (Å²) in [5, 5.41) is 0. The van der Waals surface area contributed by atoms with Gasteiger partial charge in [0, 0.05) is 0 Å². The van der Waals surface area contributed by atoms with Crippen molar-refractivity contribution in [3.05, 3.63) is 12.2 Å². The van der Waals surface area contributed by atoms with Gasteiger partial charge in [-0.1, -0.05) is 26.0 Å². The summed E-state index contributed by atoms with van der Waals surface area (Å²) in [5.74, 6) is 0.197. The van der Waals surface area contributed by atoms with Gasteiger partial charge in [0.05, 0.1) is 6.42 Å². The minimum atomic E-state index is -4.05. The van der Waals surface area contributed by atoms with Gasteiger partial charge in [0.2, 0.25) is 0 Å². The molecule has 0 nitrogen and oxygen atoms in total. The molecule has 0 aromatic rings. The Labute approximate surface area is 58.7 Å². The van der Waals surface area contributed by atoms with E-state index < -0.39 is 12.6 Å². The van der Waals surface area contributed by atoms with E-state index in [1.807, 2.05) is 13.8 Å². The second-order valence-corrected chi connectivity index (χ2v) is 2.49. The first-order valence-corrected chi connectivity index (χ1v) is 3.15. The molecule has 0 aliphatic heterocycles. The fourth-order valence-electron chi connectivity index (χ4n) is 0.474. The summed E-state index contributed by atoms with van der Waals surface area (Å²) in [6, 6.07) is 0. The maximum absolute atomic E-state index is 11.5. The van der Waals surface area contributed by atoms with Crippen molar-refractivity contribution in [3.8, 4) is 0 Å². The molecule has 0 aliphatic rings. The van der Waals surface area contributed by atoms with Gasteiger partial charge >= 0.3 is 6.18 Å². The second kappa shape index (κ2) is 3.64. The lowest BCUT2D eigenvalue weighted by atomic mass is 10.2. The van der Waals surface area contributed by atoms with Gasteiger partial charge in [0.1, 0.15) is 0 Å². The summed E-state index contributed by atoms with van der Waals surface area (Å²) in [7, 11) is 0. The molecule has 3 heteroatoms. The van der Waals surface area contributed by atoms with Gasteiger partial charge in [0.15, 0.2) is 0 Å². The van der Waals surface area contributed by atoms with Crippen LogP contribution in [0.15, 0.2) is 12.2 Å². The lowest BCUT2D eigenvalue weighted by Gasteiger charge is -2.00. The van der Waals surface area contributed by atoms with Gasteiger partial charge in [-0.2, -0.15) is 13.2 Å². The van der Waals surface area contributed by atoms with Crippen LogP contribution in [-0.4, -0.2) is 6.18 Å². The normalized spacial score (nSPS) is 13.4. The summed E-state index contributed by atoms with van der Waals surface area (Å²) in [4.78, 5) is 0. The van der Waals surface area contributed by atoms with E-state index in [-0.39, 0.29) is 5.92 Å². The highest BCUT2D eigenvalue weighted by atomic mass is 19.4. The third-order valence-electron chi connectivity index (χ3n) is 0.870. The lowest BCUT2D eigenvalue weighted by Crippen LogP contribution is -2.04. The third kappa shape index (κ3) is 7.53. The van der Waals surface area contributed by atoms with Crippen LogP contribution in [0.3, 0.4) is 0 Å². The van der Waals surface area contributed by atoms with Crippen molar-refractivity contribution in [1.82, 2.24) is 0 Å². The quantitative estimate of drug-likeness (QED) is 0.533. The number of hydrogen-bond donors (Lipinski definition) is 0. The van der Waals surface area contributed by atoms with Crippen molar-refractivity contribution in [1.29, 1.82) is 0 Å². The van der Waals surface area contributed by atoms with Crippen molar-refractivity contribution < 1.29 is 13.2 Å². The number of hydrogen-bond acceptors (Lipinski definition) is 0. The topological polar surface area (TPSA) is 0 Å². The fourth-order valence-corrected chi connectivity index (χ4v) is 0.474. The van der Waals surface area contributed by atoms with E-state index in [0.717, 1.165) is 6.08 Å². The molecule has 0 bridgehead atoms. The SMILES string of the molecule is CC(C)C=CCC(F)(F)F. The Bertz CT molecular complexity index is 111. The summed E-state index contributed by atoms with van der Waals surface area (Å²) < 4.78 is 34.4. The Hall–Kier alpha value is -0.470. The van der Waals surface area contributed by atoms with E-state index in [1.165, 1.54) is 0 Å². The van der Waals surface area contributed by atoms with E-state index in [9.17, 15) is 13.2 Å². The number of alkyl halides is 3. The molecule has 10 heavy (non-hydrogen) atoms. The molecule has 0 radical (unpaired) electrons. The van der Waals surface area contributed by atoms with Crippen LogP contribution in [0.5, 0.6) is 0 Å². The Kier molecular flexibility index (Phi) is 3.47. The minimum absolute atomic E-state index is 0.197. The van der Waals surface area contributed by atoms with Crippen molar-refractivity contribution >= 4 is 0 Å². The highest BCUT2D eigenvalue weighted by molar-refractivity contribution is 4.86. The Morgan fingerprint density at radius 2 is 1.80 bits per heavy atom. The predicted molar refractivity (Wildman–Crippen MR) is 34.6 cm³/mol. The molecule has 0 atom stereocenters. The zero-order valence-corrected chi connectivity index (χ0v) is 6.07. The van der Waals surface area contributed by atoms with E-state index in [0.29, 0.717) is 0 Å². The molecule has 0 unspecified atom stereocenters. The maximum atomic E-state index is 11.5. The van der Waals surface area contributed by atoms with Crippen LogP contribution in [0.2, 0.25) is 0 Å². The van der Waals surface area contributed by atoms with Crippen LogP contribution in [0.25, 0.3) is 0 Å². The van der Waals surface area contributed by atoms with Crippen molar-refractivity contribution in [2.45, 2.75) is 26.4 Å². The summed E-state index contributed by atoms with van der Waals surface area (Å²) in [6.07, 6.45) is -2.16. The summed E-state index contributed by atoms with van der Waals surface area (Å²) in [6.45, 7) is 3.68. The summed E-state index contributed by atoms with van der Waals surface area (Å²) in [5.41, 5.74) is 0. The molecular weight excluding hydrogens is 141 g/mol. The first kappa shape index (κ1) is 9.53. The zero-order chi connectivity index (χ0) is 8.20.